The van der Waals surface area contributed by atoms with E-state index in [-0.39, 0.29) is 12.2 Å². The van der Waals surface area contributed by atoms with Gasteiger partial charge in [0.1, 0.15) is 11.5 Å². The van der Waals surface area contributed by atoms with Gasteiger partial charge < -0.3 is 5.73 Å². The molecule has 2 N–H and O–H groups in total. The standard InChI is InChI=1S/C11H9F4N3/c12-9-2-1-7(11(13,14)15)5-10(9)18-4-3-8(6-16)17-18/h1-5H,6,16H2. The van der Waals surface area contributed by atoms with Gasteiger partial charge in [0.05, 0.1) is 11.3 Å². The average molecular weight is 259 g/mol. The number of hydrogen-bond acceptors (Lipinski definition) is 2. The molecule has 1 aromatic heterocycles. The van der Waals surface area contributed by atoms with E-state index in [1.807, 2.05) is 0 Å². The van der Waals surface area contributed by atoms with Crippen molar-refractivity contribution in [1.82, 2.24) is 9.78 Å². The Bertz CT molecular complexity index is 560. The summed E-state index contributed by atoms with van der Waals surface area (Å²) in [5, 5.41) is 3.87. The Hall–Kier alpha value is -1.89. The van der Waals surface area contributed by atoms with Crippen molar-refractivity contribution < 1.29 is 17.6 Å². The van der Waals surface area contributed by atoms with E-state index >= 15 is 0 Å². The third-order valence-electron chi connectivity index (χ3n) is 2.37. The van der Waals surface area contributed by atoms with Crippen molar-refractivity contribution in [2.45, 2.75) is 12.7 Å². The third-order valence-corrected chi connectivity index (χ3v) is 2.37. The molecule has 1 heterocycles. The SMILES string of the molecule is NCc1ccn(-c2cc(C(F)(F)F)ccc2F)n1. The number of rotatable bonds is 2. The lowest BCUT2D eigenvalue weighted by atomic mass is 10.2. The molecule has 3 nitrogen and oxygen atoms in total. The second-order valence-electron chi connectivity index (χ2n) is 3.62. The highest BCUT2D eigenvalue weighted by atomic mass is 19.4. The van der Waals surface area contributed by atoms with Crippen LogP contribution in [-0.2, 0) is 12.7 Å². The Morgan fingerprint density at radius 3 is 2.50 bits per heavy atom. The molecule has 0 amide bonds. The third kappa shape index (κ3) is 2.35. The van der Waals surface area contributed by atoms with E-state index in [4.69, 9.17) is 5.73 Å². The first-order chi connectivity index (χ1) is 8.41. The average Bonchev–Trinajstić information content (AvgIpc) is 2.76. The van der Waals surface area contributed by atoms with Gasteiger partial charge in [0.25, 0.3) is 0 Å². The van der Waals surface area contributed by atoms with Crippen molar-refractivity contribution in [2.75, 3.05) is 0 Å². The molecule has 0 aliphatic carbocycles. The Morgan fingerprint density at radius 1 is 1.22 bits per heavy atom. The lowest BCUT2D eigenvalue weighted by Crippen LogP contribution is -2.08. The van der Waals surface area contributed by atoms with Crippen molar-refractivity contribution in [3.63, 3.8) is 0 Å². The lowest BCUT2D eigenvalue weighted by Gasteiger charge is -2.09. The van der Waals surface area contributed by atoms with Crippen LogP contribution in [0.4, 0.5) is 17.6 Å². The Morgan fingerprint density at radius 2 is 1.94 bits per heavy atom. The Kier molecular flexibility index (Phi) is 3.08. The number of nitrogens with two attached hydrogens (primary N) is 1. The summed E-state index contributed by atoms with van der Waals surface area (Å²) < 4.78 is 52.1. The van der Waals surface area contributed by atoms with Crippen LogP contribution < -0.4 is 5.73 Å². The second kappa shape index (κ2) is 4.41. The van der Waals surface area contributed by atoms with Crippen LogP contribution in [0.25, 0.3) is 5.69 Å². The number of halogens is 4. The molecule has 1 aromatic carbocycles. The van der Waals surface area contributed by atoms with Crippen LogP contribution in [0.15, 0.2) is 30.5 Å². The highest BCUT2D eigenvalue weighted by Gasteiger charge is 2.31. The maximum Gasteiger partial charge on any atom is 0.416 e. The molecule has 0 aliphatic rings. The van der Waals surface area contributed by atoms with E-state index in [1.165, 1.54) is 12.3 Å². The Labute approximate surface area is 99.8 Å². The molecule has 0 atom stereocenters. The number of benzene rings is 1. The maximum absolute atomic E-state index is 13.5. The molecule has 96 valence electrons. The summed E-state index contributed by atoms with van der Waals surface area (Å²) in [6.45, 7) is 0.133. The van der Waals surface area contributed by atoms with Crippen molar-refractivity contribution in [2.24, 2.45) is 5.73 Å². The van der Waals surface area contributed by atoms with E-state index in [1.54, 1.807) is 0 Å². The van der Waals surface area contributed by atoms with Crippen LogP contribution in [-0.4, -0.2) is 9.78 Å². The predicted octanol–water partition coefficient (Wildman–Crippen LogP) is 2.49. The number of hydrogen-bond donors (Lipinski definition) is 1. The minimum absolute atomic E-state index is 0.133. The summed E-state index contributed by atoms with van der Waals surface area (Å²) in [6.07, 6.45) is -3.16. The number of alkyl halides is 3. The smallest absolute Gasteiger partial charge is 0.325 e. The van der Waals surface area contributed by atoms with Gasteiger partial charge in [-0.1, -0.05) is 0 Å². The molecule has 7 heteroatoms. The van der Waals surface area contributed by atoms with E-state index in [0.29, 0.717) is 17.8 Å². The van der Waals surface area contributed by atoms with E-state index in [9.17, 15) is 17.6 Å². The highest BCUT2D eigenvalue weighted by molar-refractivity contribution is 5.38. The molecule has 0 aliphatic heterocycles. The van der Waals surface area contributed by atoms with Crippen LogP contribution in [0, 0.1) is 5.82 Å². The first-order valence-electron chi connectivity index (χ1n) is 5.03. The van der Waals surface area contributed by atoms with Gasteiger partial charge in [-0.3, -0.25) is 0 Å². The van der Waals surface area contributed by atoms with E-state index < -0.39 is 17.6 Å². The molecule has 0 unspecified atom stereocenters. The monoisotopic (exact) mass is 259 g/mol. The van der Waals surface area contributed by atoms with E-state index in [2.05, 4.69) is 5.10 Å². The molecule has 0 fully saturated rings. The summed E-state index contributed by atoms with van der Waals surface area (Å²) in [5.74, 6) is -0.783. The summed E-state index contributed by atoms with van der Waals surface area (Å²) in [6, 6.07) is 3.68. The Balaban J connectivity index is 2.49. The minimum atomic E-state index is -4.52. The van der Waals surface area contributed by atoms with Gasteiger partial charge in [-0.25, -0.2) is 9.07 Å². The zero-order chi connectivity index (χ0) is 13.3. The molecule has 0 radical (unpaired) electrons. The van der Waals surface area contributed by atoms with Gasteiger partial charge in [-0.15, -0.1) is 0 Å². The van der Waals surface area contributed by atoms with Crippen LogP contribution in [0.3, 0.4) is 0 Å². The maximum atomic E-state index is 13.5. The zero-order valence-corrected chi connectivity index (χ0v) is 9.08. The fraction of sp³-hybridized carbons (Fsp3) is 0.182. The summed E-state index contributed by atoms with van der Waals surface area (Å²) >= 11 is 0. The molecular weight excluding hydrogens is 250 g/mol. The van der Waals surface area contributed by atoms with Crippen molar-refractivity contribution in [1.29, 1.82) is 0 Å². The first-order valence-corrected chi connectivity index (χ1v) is 5.03. The molecule has 0 spiro atoms. The second-order valence-corrected chi connectivity index (χ2v) is 3.62. The number of nitrogens with zero attached hydrogens (tertiary/aromatic N) is 2. The lowest BCUT2D eigenvalue weighted by molar-refractivity contribution is -0.137. The van der Waals surface area contributed by atoms with Crippen molar-refractivity contribution in [3.05, 3.63) is 47.5 Å². The fourth-order valence-corrected chi connectivity index (χ4v) is 1.47. The molecule has 0 saturated carbocycles. The summed E-state index contributed by atoms with van der Waals surface area (Å²) in [4.78, 5) is 0. The molecule has 0 bridgehead atoms. The van der Waals surface area contributed by atoms with Crippen LogP contribution >= 0.6 is 0 Å². The first kappa shape index (κ1) is 12.6. The quantitative estimate of drug-likeness (QED) is 0.842. The normalized spacial score (nSPS) is 11.8. The van der Waals surface area contributed by atoms with Crippen LogP contribution in [0.5, 0.6) is 0 Å². The predicted molar refractivity (Wildman–Crippen MR) is 56.4 cm³/mol. The molecular formula is C11H9F4N3. The van der Waals surface area contributed by atoms with Gasteiger partial charge in [0, 0.05) is 12.7 Å². The highest BCUT2D eigenvalue weighted by Crippen LogP contribution is 2.31. The molecule has 2 aromatic rings. The number of aromatic nitrogens is 2. The summed E-state index contributed by atoms with van der Waals surface area (Å²) in [5.41, 5.74) is 4.61. The van der Waals surface area contributed by atoms with Gasteiger partial charge in [0.2, 0.25) is 0 Å². The van der Waals surface area contributed by atoms with E-state index in [0.717, 1.165) is 10.7 Å². The van der Waals surface area contributed by atoms with Gasteiger partial charge in [0.15, 0.2) is 0 Å². The molecule has 18 heavy (non-hydrogen) atoms. The fourth-order valence-electron chi connectivity index (χ4n) is 1.47. The topological polar surface area (TPSA) is 43.8 Å². The van der Waals surface area contributed by atoms with Crippen molar-refractivity contribution >= 4 is 0 Å². The molecule has 0 saturated heterocycles. The van der Waals surface area contributed by atoms with Gasteiger partial charge in [-0.05, 0) is 24.3 Å². The van der Waals surface area contributed by atoms with Crippen LogP contribution in [0.1, 0.15) is 11.3 Å². The minimum Gasteiger partial charge on any atom is -0.325 e. The summed E-state index contributed by atoms with van der Waals surface area (Å²) in [7, 11) is 0. The van der Waals surface area contributed by atoms with Gasteiger partial charge >= 0.3 is 6.18 Å². The van der Waals surface area contributed by atoms with Crippen LogP contribution in [0.2, 0.25) is 0 Å². The zero-order valence-electron chi connectivity index (χ0n) is 9.08. The molecule has 2 rings (SSSR count). The largest absolute Gasteiger partial charge is 0.416 e. The van der Waals surface area contributed by atoms with Crippen molar-refractivity contribution in [3.8, 4) is 5.69 Å². The van der Waals surface area contributed by atoms with Gasteiger partial charge in [-0.2, -0.15) is 18.3 Å².